The molecule has 0 aliphatic carbocycles. The molecule has 0 amide bonds. The first-order valence-electron chi connectivity index (χ1n) is 6.96. The van der Waals surface area contributed by atoms with Crippen molar-refractivity contribution in [2.75, 3.05) is 7.11 Å². The molecule has 1 heterocycles. The number of hydrogen-bond acceptors (Lipinski definition) is 3. The zero-order valence-electron chi connectivity index (χ0n) is 13.0. The average molecular weight is 320 g/mol. The van der Waals surface area contributed by atoms with Crippen LogP contribution in [0.15, 0.2) is 35.3 Å². The van der Waals surface area contributed by atoms with Gasteiger partial charge in [0.2, 0.25) is 0 Å². The van der Waals surface area contributed by atoms with Crippen molar-refractivity contribution in [2.24, 2.45) is 0 Å². The molecule has 2 rings (SSSR count). The molecule has 0 fully saturated rings. The van der Waals surface area contributed by atoms with Gasteiger partial charge in [0, 0.05) is 28.3 Å². The molecular formula is C17H18ClNO3. The van der Waals surface area contributed by atoms with Gasteiger partial charge in [0.05, 0.1) is 13.3 Å². The molecule has 0 unspecified atom stereocenters. The predicted molar refractivity (Wildman–Crippen MR) is 88.1 cm³/mol. The summed E-state index contributed by atoms with van der Waals surface area (Å²) in [5.41, 5.74) is 1.52. The van der Waals surface area contributed by atoms with Gasteiger partial charge in [-0.2, -0.15) is 0 Å². The van der Waals surface area contributed by atoms with E-state index in [-0.39, 0.29) is 17.4 Å². The summed E-state index contributed by atoms with van der Waals surface area (Å²) in [5.74, 6) is 0.430. The Kier molecular flexibility index (Phi) is 4.71. The van der Waals surface area contributed by atoms with Crippen molar-refractivity contribution < 1.29 is 9.53 Å². The Hall–Kier alpha value is -2.07. The minimum atomic E-state index is -0.153. The standard InChI is InChI=1S/C17H18ClNO3/c1-10(2)19-9-16(22-4)15(8-17(19)21)14-7-12(18)5-6-13(14)11(3)20/h5-10H,1-4H3. The van der Waals surface area contributed by atoms with Gasteiger partial charge in [-0.3, -0.25) is 9.59 Å². The molecule has 0 spiro atoms. The van der Waals surface area contributed by atoms with Gasteiger partial charge in [-0.05, 0) is 44.5 Å². The van der Waals surface area contributed by atoms with Crippen LogP contribution in [0.25, 0.3) is 11.1 Å². The van der Waals surface area contributed by atoms with Gasteiger partial charge in [-0.25, -0.2) is 0 Å². The molecule has 2 aromatic rings. The molecule has 0 aliphatic heterocycles. The summed E-state index contributed by atoms with van der Waals surface area (Å²) in [5, 5.41) is 0.495. The number of hydrogen-bond donors (Lipinski definition) is 0. The van der Waals surface area contributed by atoms with Gasteiger partial charge in [0.25, 0.3) is 5.56 Å². The molecule has 4 nitrogen and oxygen atoms in total. The third-order valence-electron chi connectivity index (χ3n) is 3.47. The molecule has 0 bridgehead atoms. The van der Waals surface area contributed by atoms with Crippen molar-refractivity contribution in [3.63, 3.8) is 0 Å². The predicted octanol–water partition coefficient (Wildman–Crippen LogP) is 3.96. The van der Waals surface area contributed by atoms with Crippen molar-refractivity contribution in [1.29, 1.82) is 0 Å². The van der Waals surface area contributed by atoms with Gasteiger partial charge >= 0.3 is 0 Å². The molecule has 0 atom stereocenters. The van der Waals surface area contributed by atoms with Gasteiger partial charge < -0.3 is 9.30 Å². The van der Waals surface area contributed by atoms with Crippen LogP contribution in [0.1, 0.15) is 37.2 Å². The lowest BCUT2D eigenvalue weighted by atomic mass is 9.97. The number of ether oxygens (including phenoxy) is 1. The van der Waals surface area contributed by atoms with Crippen LogP contribution in [0.4, 0.5) is 0 Å². The van der Waals surface area contributed by atoms with Crippen molar-refractivity contribution in [3.8, 4) is 16.9 Å². The smallest absolute Gasteiger partial charge is 0.251 e. The molecule has 1 aromatic carbocycles. The third-order valence-corrected chi connectivity index (χ3v) is 3.71. The number of pyridine rings is 1. The molecule has 0 saturated carbocycles. The number of Topliss-reactive ketones (excluding diaryl/α,β-unsaturated/α-hetero) is 1. The number of nitrogens with zero attached hydrogens (tertiary/aromatic N) is 1. The minimum Gasteiger partial charge on any atom is -0.495 e. The van der Waals surface area contributed by atoms with Crippen LogP contribution in [-0.4, -0.2) is 17.5 Å². The van der Waals surface area contributed by atoms with Gasteiger partial charge in [-0.1, -0.05) is 11.6 Å². The number of aromatic nitrogens is 1. The monoisotopic (exact) mass is 319 g/mol. The zero-order valence-corrected chi connectivity index (χ0v) is 13.8. The first-order valence-corrected chi connectivity index (χ1v) is 7.34. The molecule has 0 aliphatic rings. The molecule has 116 valence electrons. The van der Waals surface area contributed by atoms with E-state index in [4.69, 9.17) is 16.3 Å². The fraction of sp³-hybridized carbons (Fsp3) is 0.294. The van der Waals surface area contributed by atoms with Crippen LogP contribution in [0.2, 0.25) is 5.02 Å². The van der Waals surface area contributed by atoms with Crippen LogP contribution in [0.5, 0.6) is 5.75 Å². The van der Waals surface area contributed by atoms with Crippen LogP contribution in [-0.2, 0) is 0 Å². The van der Waals surface area contributed by atoms with E-state index in [1.807, 2.05) is 13.8 Å². The van der Waals surface area contributed by atoms with E-state index in [1.165, 1.54) is 20.1 Å². The van der Waals surface area contributed by atoms with Crippen LogP contribution >= 0.6 is 11.6 Å². The number of halogens is 1. The second-order valence-electron chi connectivity index (χ2n) is 5.34. The molecule has 0 N–H and O–H groups in total. The fourth-order valence-corrected chi connectivity index (χ4v) is 2.52. The Morgan fingerprint density at radius 3 is 2.45 bits per heavy atom. The SMILES string of the molecule is COc1cn(C(C)C)c(=O)cc1-c1cc(Cl)ccc1C(C)=O. The molecule has 0 radical (unpaired) electrons. The van der Waals surface area contributed by atoms with E-state index in [0.29, 0.717) is 27.5 Å². The van der Waals surface area contributed by atoms with Crippen molar-refractivity contribution in [2.45, 2.75) is 26.8 Å². The number of carbonyl (C=O) groups excluding carboxylic acids is 1. The van der Waals surface area contributed by atoms with Gasteiger partial charge in [0.15, 0.2) is 5.78 Å². The fourth-order valence-electron chi connectivity index (χ4n) is 2.35. The van der Waals surface area contributed by atoms with Crippen LogP contribution in [0, 0.1) is 0 Å². The summed E-state index contributed by atoms with van der Waals surface area (Å²) in [6.45, 7) is 5.32. The number of benzene rings is 1. The zero-order chi connectivity index (χ0) is 16.4. The van der Waals surface area contributed by atoms with Crippen molar-refractivity contribution in [1.82, 2.24) is 4.57 Å². The summed E-state index contributed by atoms with van der Waals surface area (Å²) in [4.78, 5) is 24.1. The van der Waals surface area contributed by atoms with Crippen molar-refractivity contribution >= 4 is 17.4 Å². The Morgan fingerprint density at radius 1 is 1.23 bits per heavy atom. The lowest BCUT2D eigenvalue weighted by molar-refractivity contribution is 0.101. The molecular weight excluding hydrogens is 302 g/mol. The quantitative estimate of drug-likeness (QED) is 0.801. The normalized spacial score (nSPS) is 10.8. The van der Waals surface area contributed by atoms with E-state index >= 15 is 0 Å². The summed E-state index contributed by atoms with van der Waals surface area (Å²) >= 11 is 6.05. The lowest BCUT2D eigenvalue weighted by Gasteiger charge is -2.16. The second-order valence-corrected chi connectivity index (χ2v) is 5.78. The van der Waals surface area contributed by atoms with E-state index < -0.39 is 0 Å². The highest BCUT2D eigenvalue weighted by Crippen LogP contribution is 2.33. The maximum absolute atomic E-state index is 12.3. The number of ketones is 1. The maximum Gasteiger partial charge on any atom is 0.251 e. The Balaban J connectivity index is 2.78. The summed E-state index contributed by atoms with van der Waals surface area (Å²) in [6.07, 6.45) is 1.66. The minimum absolute atomic E-state index is 0.0158. The third kappa shape index (κ3) is 3.07. The lowest BCUT2D eigenvalue weighted by Crippen LogP contribution is -2.21. The number of methoxy groups -OCH3 is 1. The first-order chi connectivity index (χ1) is 10.3. The summed E-state index contributed by atoms with van der Waals surface area (Å²) in [6, 6.07) is 6.49. The highest BCUT2D eigenvalue weighted by atomic mass is 35.5. The molecule has 5 heteroatoms. The van der Waals surface area contributed by atoms with E-state index in [2.05, 4.69) is 0 Å². The molecule has 22 heavy (non-hydrogen) atoms. The van der Waals surface area contributed by atoms with E-state index in [9.17, 15) is 9.59 Å². The number of rotatable bonds is 4. The van der Waals surface area contributed by atoms with E-state index in [1.54, 1.807) is 29.0 Å². The summed E-state index contributed by atoms with van der Waals surface area (Å²) < 4.78 is 6.99. The van der Waals surface area contributed by atoms with Gasteiger partial charge in [-0.15, -0.1) is 0 Å². The largest absolute Gasteiger partial charge is 0.495 e. The van der Waals surface area contributed by atoms with Crippen LogP contribution in [0.3, 0.4) is 0 Å². The maximum atomic E-state index is 12.3. The Bertz CT molecular complexity index is 778. The first kappa shape index (κ1) is 16.3. The highest BCUT2D eigenvalue weighted by Gasteiger charge is 2.16. The Morgan fingerprint density at radius 2 is 1.91 bits per heavy atom. The summed E-state index contributed by atoms with van der Waals surface area (Å²) in [7, 11) is 1.53. The number of carbonyl (C=O) groups is 1. The van der Waals surface area contributed by atoms with Gasteiger partial charge in [0.1, 0.15) is 5.75 Å². The Labute approximate surface area is 134 Å². The second kappa shape index (κ2) is 6.36. The van der Waals surface area contributed by atoms with E-state index in [0.717, 1.165) is 0 Å². The van der Waals surface area contributed by atoms with Crippen molar-refractivity contribution in [3.05, 3.63) is 51.4 Å². The molecule has 0 saturated heterocycles. The highest BCUT2D eigenvalue weighted by molar-refractivity contribution is 6.31. The van der Waals surface area contributed by atoms with Crippen LogP contribution < -0.4 is 10.3 Å². The topological polar surface area (TPSA) is 48.3 Å². The molecule has 1 aromatic heterocycles. The average Bonchev–Trinajstić information content (AvgIpc) is 2.46.